The molecule has 1 aromatic heterocycles. The lowest BCUT2D eigenvalue weighted by Gasteiger charge is -2.12. The molecule has 2 atom stereocenters. The van der Waals surface area contributed by atoms with Crippen molar-refractivity contribution in [2.75, 3.05) is 0 Å². The van der Waals surface area contributed by atoms with Gasteiger partial charge in [-0.1, -0.05) is 52.4 Å². The number of oxazole rings is 1. The van der Waals surface area contributed by atoms with Crippen LogP contribution in [0.3, 0.4) is 0 Å². The van der Waals surface area contributed by atoms with Gasteiger partial charge in [0.15, 0.2) is 5.69 Å². The molecule has 1 heterocycles. The number of amides is 1. The fraction of sp³-hybridized carbons (Fsp3) is 0.765. The van der Waals surface area contributed by atoms with Crippen molar-refractivity contribution in [2.24, 2.45) is 5.73 Å². The lowest BCUT2D eigenvalue weighted by atomic mass is 10.1. The summed E-state index contributed by atoms with van der Waals surface area (Å²) in [5, 5.41) is 2.97. The Balaban J connectivity index is 2.40. The van der Waals surface area contributed by atoms with Gasteiger partial charge >= 0.3 is 0 Å². The summed E-state index contributed by atoms with van der Waals surface area (Å²) in [6, 6.07) is -0.0776. The van der Waals surface area contributed by atoms with Gasteiger partial charge < -0.3 is 15.5 Å². The Hall–Kier alpha value is -1.36. The van der Waals surface area contributed by atoms with E-state index in [0.29, 0.717) is 11.6 Å². The first-order valence-electron chi connectivity index (χ1n) is 8.60. The lowest BCUT2D eigenvalue weighted by Crippen LogP contribution is -2.32. The van der Waals surface area contributed by atoms with E-state index in [1.165, 1.54) is 25.5 Å². The molecule has 0 spiro atoms. The summed E-state index contributed by atoms with van der Waals surface area (Å²) >= 11 is 0. The minimum atomic E-state index is -0.229. The molecule has 0 saturated heterocycles. The highest BCUT2D eigenvalue weighted by Crippen LogP contribution is 2.16. The summed E-state index contributed by atoms with van der Waals surface area (Å²) in [5.41, 5.74) is 6.32. The molecule has 0 saturated carbocycles. The molecule has 0 aliphatic carbocycles. The quantitative estimate of drug-likeness (QED) is 0.606. The first kappa shape index (κ1) is 18.7. The maximum absolute atomic E-state index is 12.1. The van der Waals surface area contributed by atoms with Crippen LogP contribution in [0.25, 0.3) is 0 Å². The lowest BCUT2D eigenvalue weighted by molar-refractivity contribution is 0.0932. The highest BCUT2D eigenvalue weighted by Gasteiger charge is 2.17. The predicted molar refractivity (Wildman–Crippen MR) is 88.6 cm³/mol. The number of unbranched alkanes of at least 4 members (excludes halogenated alkanes) is 4. The van der Waals surface area contributed by atoms with E-state index in [2.05, 4.69) is 24.1 Å². The number of nitrogens with two attached hydrogens (primary N) is 1. The van der Waals surface area contributed by atoms with Gasteiger partial charge in [0.25, 0.3) is 5.91 Å². The first-order valence-corrected chi connectivity index (χ1v) is 8.60. The third kappa shape index (κ3) is 6.60. The van der Waals surface area contributed by atoms with Crippen molar-refractivity contribution in [1.29, 1.82) is 0 Å². The van der Waals surface area contributed by atoms with Crippen LogP contribution in [0.1, 0.15) is 94.6 Å². The fourth-order valence-electron chi connectivity index (χ4n) is 2.36. The SMILES string of the molecule is CCCCCCC(C)NC(=O)c1coc(C(N)CCCC)n1. The molecule has 0 radical (unpaired) electrons. The van der Waals surface area contributed by atoms with Crippen molar-refractivity contribution in [1.82, 2.24) is 10.3 Å². The topological polar surface area (TPSA) is 81.2 Å². The number of hydrogen-bond acceptors (Lipinski definition) is 4. The number of nitrogens with zero attached hydrogens (tertiary/aromatic N) is 1. The number of hydrogen-bond donors (Lipinski definition) is 2. The molecule has 1 amide bonds. The molecule has 1 aromatic rings. The highest BCUT2D eigenvalue weighted by molar-refractivity contribution is 5.92. The Morgan fingerprint density at radius 1 is 1.23 bits per heavy atom. The van der Waals surface area contributed by atoms with Gasteiger partial charge in [0.1, 0.15) is 6.26 Å². The zero-order chi connectivity index (χ0) is 16.4. The standard InChI is InChI=1S/C17H31N3O2/c1-4-6-8-9-10-13(3)19-16(21)15-12-22-17(20-15)14(18)11-7-5-2/h12-14H,4-11,18H2,1-3H3,(H,19,21). The average molecular weight is 309 g/mol. The summed E-state index contributed by atoms with van der Waals surface area (Å²) in [5.74, 6) is 0.273. The van der Waals surface area contributed by atoms with Crippen molar-refractivity contribution < 1.29 is 9.21 Å². The molecular weight excluding hydrogens is 278 g/mol. The summed E-state index contributed by atoms with van der Waals surface area (Å²) in [7, 11) is 0. The average Bonchev–Trinajstić information content (AvgIpc) is 2.99. The van der Waals surface area contributed by atoms with Gasteiger partial charge in [0.2, 0.25) is 5.89 Å². The second-order valence-electron chi connectivity index (χ2n) is 6.04. The summed E-state index contributed by atoms with van der Waals surface area (Å²) in [6.07, 6.45) is 10.2. The highest BCUT2D eigenvalue weighted by atomic mass is 16.3. The van der Waals surface area contributed by atoms with Crippen molar-refractivity contribution in [3.8, 4) is 0 Å². The van der Waals surface area contributed by atoms with E-state index in [1.807, 2.05) is 6.92 Å². The van der Waals surface area contributed by atoms with Crippen molar-refractivity contribution in [3.05, 3.63) is 17.8 Å². The molecule has 126 valence electrons. The van der Waals surface area contributed by atoms with Crippen LogP contribution >= 0.6 is 0 Å². The number of aromatic nitrogens is 1. The number of rotatable bonds is 11. The molecule has 0 aliphatic rings. The smallest absolute Gasteiger partial charge is 0.273 e. The van der Waals surface area contributed by atoms with E-state index in [1.54, 1.807) is 0 Å². The molecule has 1 rings (SSSR count). The van der Waals surface area contributed by atoms with Gasteiger partial charge in [-0.25, -0.2) is 4.98 Å². The maximum atomic E-state index is 12.1. The number of nitrogens with one attached hydrogen (secondary N) is 1. The van der Waals surface area contributed by atoms with Crippen LogP contribution in [-0.4, -0.2) is 16.9 Å². The summed E-state index contributed by atoms with van der Waals surface area (Å²) < 4.78 is 5.34. The van der Waals surface area contributed by atoms with Gasteiger partial charge in [-0.3, -0.25) is 4.79 Å². The van der Waals surface area contributed by atoms with Gasteiger partial charge in [-0.15, -0.1) is 0 Å². The Morgan fingerprint density at radius 2 is 1.95 bits per heavy atom. The Labute approximate surface area is 134 Å². The van der Waals surface area contributed by atoms with Gasteiger partial charge in [-0.05, 0) is 19.8 Å². The van der Waals surface area contributed by atoms with E-state index in [0.717, 1.165) is 32.1 Å². The molecule has 5 heteroatoms. The van der Waals surface area contributed by atoms with Crippen molar-refractivity contribution in [2.45, 2.75) is 84.2 Å². The number of carbonyl (C=O) groups is 1. The third-order valence-electron chi connectivity index (χ3n) is 3.81. The Morgan fingerprint density at radius 3 is 2.64 bits per heavy atom. The largest absolute Gasteiger partial charge is 0.446 e. The monoisotopic (exact) mass is 309 g/mol. The van der Waals surface area contributed by atoms with Crippen LogP contribution in [0, 0.1) is 0 Å². The van der Waals surface area contributed by atoms with E-state index < -0.39 is 0 Å². The van der Waals surface area contributed by atoms with Crippen LogP contribution in [0.2, 0.25) is 0 Å². The van der Waals surface area contributed by atoms with Crippen molar-refractivity contribution in [3.63, 3.8) is 0 Å². The van der Waals surface area contributed by atoms with Crippen LogP contribution in [-0.2, 0) is 0 Å². The van der Waals surface area contributed by atoms with Gasteiger partial charge in [0, 0.05) is 6.04 Å². The van der Waals surface area contributed by atoms with E-state index in [4.69, 9.17) is 10.2 Å². The molecule has 0 bridgehead atoms. The zero-order valence-electron chi connectivity index (χ0n) is 14.2. The first-order chi connectivity index (χ1) is 10.6. The minimum absolute atomic E-state index is 0.151. The molecule has 0 aromatic carbocycles. The third-order valence-corrected chi connectivity index (χ3v) is 3.81. The second kappa shape index (κ2) is 10.4. The maximum Gasteiger partial charge on any atom is 0.273 e. The second-order valence-corrected chi connectivity index (χ2v) is 6.04. The van der Waals surface area contributed by atoms with Crippen LogP contribution in [0.4, 0.5) is 0 Å². The van der Waals surface area contributed by atoms with Gasteiger partial charge in [-0.2, -0.15) is 0 Å². The normalized spacial score (nSPS) is 13.8. The molecular formula is C17H31N3O2. The van der Waals surface area contributed by atoms with E-state index in [-0.39, 0.29) is 18.0 Å². The molecule has 0 aliphatic heterocycles. The Bertz CT molecular complexity index is 431. The van der Waals surface area contributed by atoms with Crippen molar-refractivity contribution >= 4 is 5.91 Å². The van der Waals surface area contributed by atoms with Crippen LogP contribution in [0.5, 0.6) is 0 Å². The van der Waals surface area contributed by atoms with Gasteiger partial charge in [0.05, 0.1) is 6.04 Å². The van der Waals surface area contributed by atoms with Crippen LogP contribution < -0.4 is 11.1 Å². The number of carbonyl (C=O) groups excluding carboxylic acids is 1. The fourth-order valence-corrected chi connectivity index (χ4v) is 2.36. The molecule has 3 N–H and O–H groups in total. The van der Waals surface area contributed by atoms with E-state index in [9.17, 15) is 4.79 Å². The summed E-state index contributed by atoms with van der Waals surface area (Å²) in [6.45, 7) is 6.33. The minimum Gasteiger partial charge on any atom is -0.446 e. The zero-order valence-corrected chi connectivity index (χ0v) is 14.2. The van der Waals surface area contributed by atoms with Crippen LogP contribution in [0.15, 0.2) is 10.7 Å². The predicted octanol–water partition coefficient (Wildman–Crippen LogP) is 3.95. The summed E-state index contributed by atoms with van der Waals surface area (Å²) in [4.78, 5) is 16.3. The Kier molecular flexibility index (Phi) is 8.82. The molecule has 5 nitrogen and oxygen atoms in total. The molecule has 2 unspecified atom stereocenters. The molecule has 0 fully saturated rings. The van der Waals surface area contributed by atoms with E-state index >= 15 is 0 Å². The molecule has 22 heavy (non-hydrogen) atoms.